The summed E-state index contributed by atoms with van der Waals surface area (Å²) in [6.07, 6.45) is 2.92. The first-order valence-electron chi connectivity index (χ1n) is 6.48. The smallest absolute Gasteiger partial charge is 0.352 e. The topological polar surface area (TPSA) is 98.5 Å². The molecule has 0 aliphatic carbocycles. The Hall–Kier alpha value is -3.03. The van der Waals surface area contributed by atoms with Gasteiger partial charge in [-0.2, -0.15) is 10.1 Å². The molecule has 1 aliphatic heterocycles. The van der Waals surface area contributed by atoms with E-state index in [1.54, 1.807) is 23.9 Å². The average molecular weight is 302 g/mol. The van der Waals surface area contributed by atoms with Gasteiger partial charge >= 0.3 is 5.97 Å². The van der Waals surface area contributed by atoms with Crippen LogP contribution in [0.25, 0.3) is 0 Å². The summed E-state index contributed by atoms with van der Waals surface area (Å²) in [5.74, 6) is 0.376. The summed E-state index contributed by atoms with van der Waals surface area (Å²) in [7, 11) is 3.08. The molecule has 0 spiro atoms. The van der Waals surface area contributed by atoms with E-state index in [4.69, 9.17) is 9.47 Å². The van der Waals surface area contributed by atoms with E-state index in [9.17, 15) is 9.90 Å². The number of nitrogens with zero attached hydrogens (tertiary/aromatic N) is 3. The van der Waals surface area contributed by atoms with Crippen molar-refractivity contribution < 1.29 is 19.4 Å². The number of hydrogen-bond acceptors (Lipinski definition) is 6. The van der Waals surface area contributed by atoms with E-state index < -0.39 is 12.0 Å². The molecule has 0 saturated carbocycles. The van der Waals surface area contributed by atoms with Crippen molar-refractivity contribution in [3.05, 3.63) is 41.9 Å². The van der Waals surface area contributed by atoms with Gasteiger partial charge in [0.1, 0.15) is 18.1 Å². The highest BCUT2D eigenvalue weighted by molar-refractivity contribution is 5.90. The SMILES string of the molecule is COc1cccc([C@H]2C=C(C(=O)O)Nc3ncnn32)c1OC. The van der Waals surface area contributed by atoms with Crippen LogP contribution in [0.3, 0.4) is 0 Å². The molecule has 0 saturated heterocycles. The molecule has 22 heavy (non-hydrogen) atoms. The number of carboxylic acid groups (broad SMARTS) is 1. The number of rotatable bonds is 4. The van der Waals surface area contributed by atoms with Crippen LogP contribution in [0, 0.1) is 0 Å². The van der Waals surface area contributed by atoms with Gasteiger partial charge in [0.05, 0.1) is 14.2 Å². The zero-order valence-corrected chi connectivity index (χ0v) is 12.0. The van der Waals surface area contributed by atoms with Crippen LogP contribution in [0.4, 0.5) is 5.95 Å². The van der Waals surface area contributed by atoms with Crippen LogP contribution < -0.4 is 14.8 Å². The number of ether oxygens (including phenoxy) is 2. The molecule has 0 fully saturated rings. The minimum absolute atomic E-state index is 0.0374. The molecular formula is C14H14N4O4. The monoisotopic (exact) mass is 302 g/mol. The van der Waals surface area contributed by atoms with Crippen molar-refractivity contribution in [2.75, 3.05) is 19.5 Å². The first-order valence-corrected chi connectivity index (χ1v) is 6.48. The van der Waals surface area contributed by atoms with E-state index in [0.717, 1.165) is 5.56 Å². The second kappa shape index (κ2) is 5.40. The first kappa shape index (κ1) is 13.9. The Morgan fingerprint density at radius 1 is 1.36 bits per heavy atom. The van der Waals surface area contributed by atoms with Crippen LogP contribution in [-0.2, 0) is 4.79 Å². The van der Waals surface area contributed by atoms with Crippen LogP contribution in [-0.4, -0.2) is 40.1 Å². The Balaban J connectivity index is 2.17. The predicted octanol–water partition coefficient (Wildman–Crippen LogP) is 1.28. The third-order valence-corrected chi connectivity index (χ3v) is 3.39. The van der Waals surface area contributed by atoms with Crippen LogP contribution >= 0.6 is 0 Å². The number of allylic oxidation sites excluding steroid dienone is 1. The second-order valence-corrected chi connectivity index (χ2v) is 4.57. The van der Waals surface area contributed by atoms with Gasteiger partial charge in [-0.3, -0.25) is 0 Å². The highest BCUT2D eigenvalue weighted by atomic mass is 16.5. The Morgan fingerprint density at radius 3 is 2.86 bits per heavy atom. The molecule has 2 aromatic rings. The van der Waals surface area contributed by atoms with Crippen molar-refractivity contribution in [1.29, 1.82) is 0 Å². The Bertz CT molecular complexity index is 753. The van der Waals surface area contributed by atoms with Crippen molar-refractivity contribution in [2.45, 2.75) is 6.04 Å². The maximum Gasteiger partial charge on any atom is 0.352 e. The number of anilines is 1. The fourth-order valence-corrected chi connectivity index (χ4v) is 2.42. The van der Waals surface area contributed by atoms with Crippen LogP contribution in [0.1, 0.15) is 11.6 Å². The molecule has 1 atom stereocenters. The van der Waals surface area contributed by atoms with Gasteiger partial charge in [-0.15, -0.1) is 0 Å². The minimum Gasteiger partial charge on any atom is -0.493 e. The summed E-state index contributed by atoms with van der Waals surface area (Å²) in [5.41, 5.74) is 0.768. The third kappa shape index (κ3) is 2.14. The number of benzene rings is 1. The van der Waals surface area contributed by atoms with E-state index in [1.165, 1.54) is 13.4 Å². The molecule has 114 valence electrons. The molecular weight excluding hydrogens is 288 g/mol. The highest BCUT2D eigenvalue weighted by Gasteiger charge is 2.28. The van der Waals surface area contributed by atoms with Gasteiger partial charge in [0.2, 0.25) is 5.95 Å². The third-order valence-electron chi connectivity index (χ3n) is 3.39. The van der Waals surface area contributed by atoms with Crippen molar-refractivity contribution in [2.24, 2.45) is 0 Å². The van der Waals surface area contributed by atoms with Gasteiger partial charge in [-0.05, 0) is 12.1 Å². The van der Waals surface area contributed by atoms with E-state index in [2.05, 4.69) is 15.4 Å². The lowest BCUT2D eigenvalue weighted by molar-refractivity contribution is -0.132. The number of carbonyl (C=O) groups is 1. The van der Waals surface area contributed by atoms with E-state index in [1.807, 2.05) is 12.1 Å². The Kier molecular flexibility index (Phi) is 3.42. The summed E-state index contributed by atoms with van der Waals surface area (Å²) in [6.45, 7) is 0. The lowest BCUT2D eigenvalue weighted by Gasteiger charge is -2.24. The summed E-state index contributed by atoms with van der Waals surface area (Å²) < 4.78 is 12.3. The second-order valence-electron chi connectivity index (χ2n) is 4.57. The number of aliphatic carboxylic acids is 1. The number of para-hydroxylation sites is 1. The van der Waals surface area contributed by atoms with Crippen molar-refractivity contribution in [3.8, 4) is 11.5 Å². The number of fused-ring (bicyclic) bond motifs is 1. The van der Waals surface area contributed by atoms with Gasteiger partial charge < -0.3 is 19.9 Å². The maximum atomic E-state index is 11.3. The zero-order chi connectivity index (χ0) is 15.7. The van der Waals surface area contributed by atoms with Crippen LogP contribution in [0.5, 0.6) is 11.5 Å². The van der Waals surface area contributed by atoms with Gasteiger partial charge in [0.15, 0.2) is 11.5 Å². The lowest BCUT2D eigenvalue weighted by Crippen LogP contribution is -2.24. The van der Waals surface area contributed by atoms with Crippen LogP contribution in [0.15, 0.2) is 36.3 Å². The molecule has 8 nitrogen and oxygen atoms in total. The molecule has 1 aliphatic rings. The summed E-state index contributed by atoms with van der Waals surface area (Å²) >= 11 is 0. The number of aromatic nitrogens is 3. The number of carboxylic acids is 1. The standard InChI is InChI=1S/C14H14N4O4/c1-21-11-5-3-4-8(12(11)22-2)10-6-9(13(19)20)17-14-15-7-16-18(10)14/h3-7,10H,1-2H3,(H,19,20)(H,15,16,17)/t10-/m1/s1. The van der Waals surface area contributed by atoms with Crippen molar-refractivity contribution >= 4 is 11.9 Å². The van der Waals surface area contributed by atoms with E-state index in [0.29, 0.717) is 17.4 Å². The molecule has 1 aromatic heterocycles. The van der Waals surface area contributed by atoms with Crippen molar-refractivity contribution in [1.82, 2.24) is 14.8 Å². The maximum absolute atomic E-state index is 11.3. The lowest BCUT2D eigenvalue weighted by atomic mass is 10.0. The minimum atomic E-state index is -1.07. The number of hydrogen-bond donors (Lipinski definition) is 2. The van der Waals surface area contributed by atoms with Gasteiger partial charge in [-0.25, -0.2) is 9.48 Å². The Labute approximate surface area is 126 Å². The van der Waals surface area contributed by atoms with Crippen molar-refractivity contribution in [3.63, 3.8) is 0 Å². The summed E-state index contributed by atoms with van der Waals surface area (Å²) in [5, 5.41) is 16.1. The average Bonchev–Trinajstić information content (AvgIpc) is 3.01. The highest BCUT2D eigenvalue weighted by Crippen LogP contribution is 2.38. The fraction of sp³-hybridized carbons (Fsp3) is 0.214. The molecule has 0 bridgehead atoms. The molecule has 0 radical (unpaired) electrons. The molecule has 0 amide bonds. The normalized spacial score (nSPS) is 16.3. The van der Waals surface area contributed by atoms with E-state index >= 15 is 0 Å². The van der Waals surface area contributed by atoms with Gasteiger partial charge in [0.25, 0.3) is 0 Å². The quantitative estimate of drug-likeness (QED) is 0.877. The number of methoxy groups -OCH3 is 2. The van der Waals surface area contributed by atoms with Gasteiger partial charge in [0, 0.05) is 5.56 Å². The molecule has 2 heterocycles. The molecule has 1 aromatic carbocycles. The summed E-state index contributed by atoms with van der Waals surface area (Å²) in [4.78, 5) is 15.3. The predicted molar refractivity (Wildman–Crippen MR) is 77.0 cm³/mol. The Morgan fingerprint density at radius 2 is 2.18 bits per heavy atom. The number of nitrogens with one attached hydrogen (secondary N) is 1. The molecule has 3 rings (SSSR count). The molecule has 8 heteroatoms. The first-order chi connectivity index (χ1) is 10.7. The zero-order valence-electron chi connectivity index (χ0n) is 12.0. The van der Waals surface area contributed by atoms with Gasteiger partial charge in [-0.1, -0.05) is 12.1 Å². The van der Waals surface area contributed by atoms with Crippen LogP contribution in [0.2, 0.25) is 0 Å². The van der Waals surface area contributed by atoms with E-state index in [-0.39, 0.29) is 5.70 Å². The largest absolute Gasteiger partial charge is 0.493 e. The summed E-state index contributed by atoms with van der Waals surface area (Å²) in [6, 6.07) is 4.95. The molecule has 0 unspecified atom stereocenters. The molecule has 2 N–H and O–H groups in total. The fourth-order valence-electron chi connectivity index (χ4n) is 2.42.